The van der Waals surface area contributed by atoms with Crippen molar-refractivity contribution in [1.29, 1.82) is 0 Å². The van der Waals surface area contributed by atoms with Gasteiger partial charge in [-0.05, 0) is 45.6 Å². The standard InChI is InChI=1S/C18H27N3O5/c1-18(2,3)26-17(25)20-13(11-12-7-5-4-6-8-12)9-10-14(15(19)22)21-16(23)24/h4-8,13-14,21H,9-11H2,1-3H3,(H2,19,22)(H,20,25)(H,23,24)/t13-,14?/m0/s1. The number of amides is 3. The zero-order valence-corrected chi connectivity index (χ0v) is 15.3. The van der Waals surface area contributed by atoms with Crippen LogP contribution in [0.2, 0.25) is 0 Å². The lowest BCUT2D eigenvalue weighted by molar-refractivity contribution is -0.120. The first-order valence-electron chi connectivity index (χ1n) is 8.39. The Labute approximate surface area is 153 Å². The molecule has 0 aliphatic rings. The lowest BCUT2D eigenvalue weighted by Gasteiger charge is -2.24. The molecule has 0 spiro atoms. The molecule has 8 heteroatoms. The van der Waals surface area contributed by atoms with E-state index >= 15 is 0 Å². The Morgan fingerprint density at radius 1 is 1.12 bits per heavy atom. The number of nitrogens with two attached hydrogens (primary N) is 1. The van der Waals surface area contributed by atoms with E-state index in [2.05, 4.69) is 10.6 Å². The number of benzene rings is 1. The number of ether oxygens (including phenoxy) is 1. The van der Waals surface area contributed by atoms with Crippen LogP contribution >= 0.6 is 0 Å². The van der Waals surface area contributed by atoms with Crippen LogP contribution in [-0.2, 0) is 16.0 Å². The van der Waals surface area contributed by atoms with Crippen molar-refractivity contribution in [2.24, 2.45) is 5.73 Å². The molecular formula is C18H27N3O5. The number of carbonyl (C=O) groups excluding carboxylic acids is 2. The van der Waals surface area contributed by atoms with Crippen LogP contribution in [0.3, 0.4) is 0 Å². The summed E-state index contributed by atoms with van der Waals surface area (Å²) < 4.78 is 5.27. The van der Waals surface area contributed by atoms with Gasteiger partial charge in [0.2, 0.25) is 5.91 Å². The van der Waals surface area contributed by atoms with Crippen LogP contribution < -0.4 is 16.4 Å². The molecule has 0 aromatic heterocycles. The zero-order chi connectivity index (χ0) is 19.7. The molecule has 0 aliphatic heterocycles. The minimum Gasteiger partial charge on any atom is -0.465 e. The fraction of sp³-hybridized carbons (Fsp3) is 0.500. The third-order valence-electron chi connectivity index (χ3n) is 3.49. The zero-order valence-electron chi connectivity index (χ0n) is 15.3. The van der Waals surface area contributed by atoms with Crippen LogP contribution in [0.25, 0.3) is 0 Å². The third kappa shape index (κ3) is 8.91. The van der Waals surface area contributed by atoms with Gasteiger partial charge in [0.05, 0.1) is 0 Å². The highest BCUT2D eigenvalue weighted by Crippen LogP contribution is 2.12. The lowest BCUT2D eigenvalue weighted by atomic mass is 9.99. The summed E-state index contributed by atoms with van der Waals surface area (Å²) >= 11 is 0. The fourth-order valence-electron chi connectivity index (χ4n) is 2.40. The smallest absolute Gasteiger partial charge is 0.407 e. The molecular weight excluding hydrogens is 338 g/mol. The number of hydrogen-bond donors (Lipinski definition) is 4. The van der Waals surface area contributed by atoms with Crippen LogP contribution in [0.1, 0.15) is 39.2 Å². The van der Waals surface area contributed by atoms with Crippen LogP contribution in [0, 0.1) is 0 Å². The molecule has 2 atom stereocenters. The molecule has 8 nitrogen and oxygen atoms in total. The normalized spacial score (nSPS) is 13.3. The molecule has 0 saturated heterocycles. The summed E-state index contributed by atoms with van der Waals surface area (Å²) in [5.74, 6) is -0.761. The van der Waals surface area contributed by atoms with Gasteiger partial charge in [-0.25, -0.2) is 9.59 Å². The summed E-state index contributed by atoms with van der Waals surface area (Å²) in [6, 6.07) is 8.14. The number of nitrogens with one attached hydrogen (secondary N) is 2. The Morgan fingerprint density at radius 2 is 1.73 bits per heavy atom. The molecule has 0 bridgehead atoms. The maximum Gasteiger partial charge on any atom is 0.407 e. The van der Waals surface area contributed by atoms with E-state index < -0.39 is 29.7 Å². The molecule has 0 fully saturated rings. The van der Waals surface area contributed by atoms with Crippen LogP contribution in [0.15, 0.2) is 30.3 Å². The number of primary amides is 1. The van der Waals surface area contributed by atoms with Crippen molar-refractivity contribution in [2.75, 3.05) is 0 Å². The molecule has 26 heavy (non-hydrogen) atoms. The summed E-state index contributed by atoms with van der Waals surface area (Å²) in [7, 11) is 0. The predicted molar refractivity (Wildman–Crippen MR) is 96.7 cm³/mol. The van der Waals surface area contributed by atoms with Gasteiger partial charge in [0, 0.05) is 6.04 Å². The molecule has 144 valence electrons. The van der Waals surface area contributed by atoms with Crippen molar-refractivity contribution in [1.82, 2.24) is 10.6 Å². The van der Waals surface area contributed by atoms with Gasteiger partial charge in [0.15, 0.2) is 0 Å². The fourth-order valence-corrected chi connectivity index (χ4v) is 2.40. The summed E-state index contributed by atoms with van der Waals surface area (Å²) in [4.78, 5) is 34.3. The Hall–Kier alpha value is -2.77. The highest BCUT2D eigenvalue weighted by atomic mass is 16.6. The van der Waals surface area contributed by atoms with Gasteiger partial charge >= 0.3 is 12.2 Å². The van der Waals surface area contributed by atoms with Crippen LogP contribution in [0.4, 0.5) is 9.59 Å². The number of carbonyl (C=O) groups is 3. The third-order valence-corrected chi connectivity index (χ3v) is 3.49. The molecule has 0 radical (unpaired) electrons. The summed E-state index contributed by atoms with van der Waals surface area (Å²) in [5, 5.41) is 13.7. The second-order valence-electron chi connectivity index (χ2n) is 7.01. The van der Waals surface area contributed by atoms with E-state index in [1.807, 2.05) is 30.3 Å². The van der Waals surface area contributed by atoms with E-state index in [0.29, 0.717) is 12.8 Å². The second-order valence-corrected chi connectivity index (χ2v) is 7.01. The second kappa shape index (κ2) is 9.65. The number of alkyl carbamates (subject to hydrolysis) is 1. The summed E-state index contributed by atoms with van der Waals surface area (Å²) in [5.41, 5.74) is 5.59. The SMILES string of the molecule is CC(C)(C)OC(=O)N[C@@H](CCC(NC(=O)O)C(N)=O)Cc1ccccc1. The molecule has 5 N–H and O–H groups in total. The molecule has 1 rings (SSSR count). The van der Waals surface area contributed by atoms with E-state index in [-0.39, 0.29) is 12.5 Å². The number of rotatable bonds is 8. The number of hydrogen-bond acceptors (Lipinski definition) is 4. The van der Waals surface area contributed by atoms with Gasteiger partial charge in [-0.15, -0.1) is 0 Å². The van der Waals surface area contributed by atoms with Crippen molar-refractivity contribution in [3.05, 3.63) is 35.9 Å². The Balaban J connectivity index is 2.77. The van der Waals surface area contributed by atoms with Crippen molar-refractivity contribution >= 4 is 18.1 Å². The highest BCUT2D eigenvalue weighted by molar-refractivity contribution is 5.83. The van der Waals surface area contributed by atoms with E-state index in [0.717, 1.165) is 5.56 Å². The van der Waals surface area contributed by atoms with Crippen molar-refractivity contribution in [3.8, 4) is 0 Å². The van der Waals surface area contributed by atoms with Gasteiger partial charge in [-0.1, -0.05) is 30.3 Å². The van der Waals surface area contributed by atoms with Gasteiger partial charge in [-0.3, -0.25) is 4.79 Å². The van der Waals surface area contributed by atoms with Crippen molar-refractivity contribution in [3.63, 3.8) is 0 Å². The molecule has 1 aromatic carbocycles. The van der Waals surface area contributed by atoms with Crippen molar-refractivity contribution in [2.45, 2.75) is 57.7 Å². The van der Waals surface area contributed by atoms with Crippen LogP contribution in [-0.4, -0.2) is 40.9 Å². The first kappa shape index (κ1) is 21.3. The monoisotopic (exact) mass is 365 g/mol. The van der Waals surface area contributed by atoms with E-state index in [9.17, 15) is 14.4 Å². The van der Waals surface area contributed by atoms with Gasteiger partial charge < -0.3 is 26.2 Å². The highest BCUT2D eigenvalue weighted by Gasteiger charge is 2.23. The molecule has 3 amide bonds. The summed E-state index contributed by atoms with van der Waals surface area (Å²) in [6.45, 7) is 5.29. The number of carboxylic acid groups (broad SMARTS) is 1. The minimum absolute atomic E-state index is 0.162. The first-order chi connectivity index (χ1) is 12.1. The van der Waals surface area contributed by atoms with E-state index in [1.165, 1.54) is 0 Å². The summed E-state index contributed by atoms with van der Waals surface area (Å²) in [6.07, 6.45) is -0.871. The predicted octanol–water partition coefficient (Wildman–Crippen LogP) is 2.02. The molecule has 0 saturated carbocycles. The maximum absolute atomic E-state index is 12.1. The maximum atomic E-state index is 12.1. The Bertz CT molecular complexity index is 613. The average Bonchev–Trinajstić information content (AvgIpc) is 2.49. The lowest BCUT2D eigenvalue weighted by Crippen LogP contribution is -2.46. The van der Waals surface area contributed by atoms with Gasteiger partial charge in [-0.2, -0.15) is 0 Å². The average molecular weight is 365 g/mol. The molecule has 0 aliphatic carbocycles. The molecule has 1 aromatic rings. The molecule has 1 unspecified atom stereocenters. The Kier molecular flexibility index (Phi) is 7.89. The van der Waals surface area contributed by atoms with E-state index in [1.54, 1.807) is 20.8 Å². The largest absolute Gasteiger partial charge is 0.465 e. The quantitative estimate of drug-likeness (QED) is 0.560. The molecule has 0 heterocycles. The first-order valence-corrected chi connectivity index (χ1v) is 8.39. The van der Waals surface area contributed by atoms with Gasteiger partial charge in [0.25, 0.3) is 0 Å². The van der Waals surface area contributed by atoms with Crippen LogP contribution in [0.5, 0.6) is 0 Å². The minimum atomic E-state index is -1.33. The van der Waals surface area contributed by atoms with E-state index in [4.69, 9.17) is 15.6 Å². The Morgan fingerprint density at radius 3 is 2.23 bits per heavy atom. The van der Waals surface area contributed by atoms with Gasteiger partial charge in [0.1, 0.15) is 11.6 Å². The topological polar surface area (TPSA) is 131 Å². The van der Waals surface area contributed by atoms with Crippen molar-refractivity contribution < 1.29 is 24.2 Å².